The predicted octanol–water partition coefficient (Wildman–Crippen LogP) is 0.0147. The standard InChI is InChI=1S/C21H22O11/c22-7-16-17(27)18(28)19(29)21(32-16)31-14-2-1-8(3-12(14)25)20-13(26)6-10-11(24)4-9(23)5-15(10)30-20/h1-6,16-29H,7H2. The van der Waals surface area contributed by atoms with Gasteiger partial charge in [0.05, 0.1) is 12.2 Å². The number of ether oxygens (including phenoxy) is 3. The molecule has 0 bridgehead atoms. The van der Waals surface area contributed by atoms with E-state index in [0.29, 0.717) is 5.56 Å². The number of aromatic hydroxyl groups is 3. The maximum absolute atomic E-state index is 10.4. The van der Waals surface area contributed by atoms with E-state index in [1.807, 2.05) is 0 Å². The average Bonchev–Trinajstić information content (AvgIpc) is 2.75. The van der Waals surface area contributed by atoms with E-state index < -0.39 is 49.2 Å². The van der Waals surface area contributed by atoms with E-state index in [1.165, 1.54) is 30.3 Å². The molecule has 2 aliphatic rings. The predicted molar refractivity (Wildman–Crippen MR) is 106 cm³/mol. The fourth-order valence-electron chi connectivity index (χ4n) is 3.58. The molecule has 0 saturated carbocycles. The number of phenols is 3. The zero-order valence-corrected chi connectivity index (χ0v) is 16.4. The van der Waals surface area contributed by atoms with Gasteiger partial charge in [-0.1, -0.05) is 6.07 Å². The first-order chi connectivity index (χ1) is 15.2. The third kappa shape index (κ3) is 3.87. The number of hydrogen-bond donors (Lipinski definition) is 8. The van der Waals surface area contributed by atoms with Crippen LogP contribution in [0, 0.1) is 0 Å². The Bertz CT molecular complexity index is 1030. The van der Waals surface area contributed by atoms with E-state index in [9.17, 15) is 40.9 Å². The molecule has 0 amide bonds. The van der Waals surface area contributed by atoms with Crippen molar-refractivity contribution in [3.63, 3.8) is 0 Å². The molecule has 2 heterocycles. The Kier molecular flexibility index (Phi) is 5.75. The fourth-order valence-corrected chi connectivity index (χ4v) is 3.58. The largest absolute Gasteiger partial charge is 0.508 e. The summed E-state index contributed by atoms with van der Waals surface area (Å²) in [5, 5.41) is 79.3. The van der Waals surface area contributed by atoms with Gasteiger partial charge in [-0.2, -0.15) is 0 Å². The van der Waals surface area contributed by atoms with Crippen molar-refractivity contribution in [3.05, 3.63) is 47.2 Å². The van der Waals surface area contributed by atoms with Gasteiger partial charge in [0.1, 0.15) is 47.4 Å². The van der Waals surface area contributed by atoms with Crippen molar-refractivity contribution < 1.29 is 55.1 Å². The highest BCUT2D eigenvalue weighted by atomic mass is 16.7. The monoisotopic (exact) mass is 450 g/mol. The Hall–Kier alpha value is -3.22. The lowest BCUT2D eigenvalue weighted by Crippen LogP contribution is -2.60. The summed E-state index contributed by atoms with van der Waals surface area (Å²) in [6, 6.07) is 6.34. The molecule has 0 radical (unpaired) electrons. The van der Waals surface area contributed by atoms with Gasteiger partial charge in [-0.3, -0.25) is 0 Å². The summed E-state index contributed by atoms with van der Waals surface area (Å²) in [7, 11) is 0. The van der Waals surface area contributed by atoms with Gasteiger partial charge in [-0.15, -0.1) is 0 Å². The summed E-state index contributed by atoms with van der Waals surface area (Å²) in [5.74, 6) is -1.22. The quantitative estimate of drug-likeness (QED) is 0.313. The number of benzene rings is 2. The molecule has 2 aromatic carbocycles. The van der Waals surface area contributed by atoms with E-state index in [0.717, 1.165) is 6.07 Å². The number of aliphatic hydroxyl groups is 5. The Morgan fingerprint density at radius 2 is 1.62 bits per heavy atom. The van der Waals surface area contributed by atoms with Gasteiger partial charge in [0.15, 0.2) is 17.6 Å². The van der Waals surface area contributed by atoms with Crippen LogP contribution in [0.1, 0.15) is 17.2 Å². The fraction of sp³-hybridized carbons (Fsp3) is 0.333. The van der Waals surface area contributed by atoms with Crippen molar-refractivity contribution in [2.45, 2.75) is 36.8 Å². The molecule has 172 valence electrons. The van der Waals surface area contributed by atoms with Crippen molar-refractivity contribution in [1.29, 1.82) is 0 Å². The molecular weight excluding hydrogens is 428 g/mol. The van der Waals surface area contributed by atoms with Crippen molar-refractivity contribution in [2.75, 3.05) is 6.61 Å². The number of rotatable bonds is 4. The van der Waals surface area contributed by atoms with Crippen LogP contribution in [0.15, 0.2) is 36.1 Å². The van der Waals surface area contributed by atoms with Crippen molar-refractivity contribution in [2.24, 2.45) is 0 Å². The summed E-state index contributed by atoms with van der Waals surface area (Å²) in [6.45, 7) is -0.632. The van der Waals surface area contributed by atoms with Gasteiger partial charge in [0.25, 0.3) is 0 Å². The minimum absolute atomic E-state index is 0.117. The van der Waals surface area contributed by atoms with Gasteiger partial charge >= 0.3 is 0 Å². The maximum Gasteiger partial charge on any atom is 0.229 e. The first-order valence-corrected chi connectivity index (χ1v) is 9.63. The molecule has 2 aromatic rings. The van der Waals surface area contributed by atoms with E-state index in [-0.39, 0.29) is 34.3 Å². The molecule has 11 heteroatoms. The van der Waals surface area contributed by atoms with Gasteiger partial charge in [0, 0.05) is 17.7 Å². The molecule has 11 nitrogen and oxygen atoms in total. The maximum atomic E-state index is 10.4. The van der Waals surface area contributed by atoms with E-state index in [4.69, 9.17) is 14.2 Å². The summed E-state index contributed by atoms with van der Waals surface area (Å²) >= 11 is 0. The van der Waals surface area contributed by atoms with Crippen molar-refractivity contribution in [1.82, 2.24) is 0 Å². The lowest BCUT2D eigenvalue weighted by atomic mass is 9.99. The molecule has 4 rings (SSSR count). The highest BCUT2D eigenvalue weighted by Crippen LogP contribution is 2.43. The van der Waals surface area contributed by atoms with Crippen molar-refractivity contribution in [3.8, 4) is 28.7 Å². The minimum Gasteiger partial charge on any atom is -0.508 e. The van der Waals surface area contributed by atoms with Crippen LogP contribution < -0.4 is 9.47 Å². The van der Waals surface area contributed by atoms with Crippen LogP contribution in [0.3, 0.4) is 0 Å². The number of fused-ring (bicyclic) bond motifs is 1. The van der Waals surface area contributed by atoms with Crippen LogP contribution in [0.25, 0.3) is 6.08 Å². The molecule has 1 saturated heterocycles. The van der Waals surface area contributed by atoms with Crippen LogP contribution in [0.5, 0.6) is 28.7 Å². The van der Waals surface area contributed by atoms with E-state index in [1.54, 1.807) is 0 Å². The molecule has 6 atom stereocenters. The van der Waals surface area contributed by atoms with Gasteiger partial charge in [-0.25, -0.2) is 0 Å². The molecule has 0 aliphatic carbocycles. The highest BCUT2D eigenvalue weighted by Gasteiger charge is 2.45. The molecule has 32 heavy (non-hydrogen) atoms. The Balaban J connectivity index is 1.55. The zero-order valence-electron chi connectivity index (χ0n) is 16.4. The lowest BCUT2D eigenvalue weighted by Gasteiger charge is -2.39. The first kappa shape index (κ1) is 22.0. The molecule has 0 spiro atoms. The van der Waals surface area contributed by atoms with Crippen LogP contribution in [0.2, 0.25) is 0 Å². The zero-order chi connectivity index (χ0) is 23.2. The van der Waals surface area contributed by atoms with Crippen LogP contribution in [-0.4, -0.2) is 78.2 Å². The molecule has 6 unspecified atom stereocenters. The van der Waals surface area contributed by atoms with E-state index >= 15 is 0 Å². The summed E-state index contributed by atoms with van der Waals surface area (Å²) in [4.78, 5) is 0. The van der Waals surface area contributed by atoms with Gasteiger partial charge in [0.2, 0.25) is 6.29 Å². The second-order valence-electron chi connectivity index (χ2n) is 7.49. The van der Waals surface area contributed by atoms with E-state index in [2.05, 4.69) is 0 Å². The summed E-state index contributed by atoms with van der Waals surface area (Å²) in [6.07, 6.45) is -7.30. The Morgan fingerprint density at radius 1 is 0.875 bits per heavy atom. The minimum atomic E-state index is -1.66. The van der Waals surface area contributed by atoms with Crippen LogP contribution >= 0.6 is 0 Å². The molecule has 1 fully saturated rings. The Labute approximate surface area is 181 Å². The normalized spacial score (nSPS) is 29.6. The topological polar surface area (TPSA) is 190 Å². The number of aliphatic hydroxyl groups excluding tert-OH is 5. The third-order valence-corrected chi connectivity index (χ3v) is 5.29. The lowest BCUT2D eigenvalue weighted by molar-refractivity contribution is -0.277. The third-order valence-electron chi connectivity index (χ3n) is 5.29. The first-order valence-electron chi connectivity index (χ1n) is 9.63. The summed E-state index contributed by atoms with van der Waals surface area (Å²) < 4.78 is 16.3. The summed E-state index contributed by atoms with van der Waals surface area (Å²) in [5.41, 5.74) is 0.481. The highest BCUT2D eigenvalue weighted by molar-refractivity contribution is 5.69. The van der Waals surface area contributed by atoms with Gasteiger partial charge < -0.3 is 55.1 Å². The average molecular weight is 450 g/mol. The molecular formula is C21H22O11. The number of hydrogen-bond acceptors (Lipinski definition) is 11. The number of phenolic OH excluding ortho intramolecular Hbond substituents is 3. The second-order valence-corrected chi connectivity index (χ2v) is 7.49. The smallest absolute Gasteiger partial charge is 0.229 e. The molecule has 0 aromatic heterocycles. The molecule has 2 aliphatic heterocycles. The molecule has 8 N–H and O–H groups in total. The van der Waals surface area contributed by atoms with Crippen molar-refractivity contribution >= 4 is 6.08 Å². The Morgan fingerprint density at radius 3 is 2.31 bits per heavy atom. The van der Waals surface area contributed by atoms with Crippen LogP contribution in [0.4, 0.5) is 0 Å². The SMILES string of the molecule is OCC1OC(Oc2ccc(C3Oc4cc(O)cc(O)c4C=C3O)cc2O)C(O)C(O)C1O. The van der Waals surface area contributed by atoms with Gasteiger partial charge in [-0.05, 0) is 18.2 Å². The van der Waals surface area contributed by atoms with Crippen LogP contribution in [-0.2, 0) is 4.74 Å². The second kappa shape index (κ2) is 8.37.